The summed E-state index contributed by atoms with van der Waals surface area (Å²) in [5.41, 5.74) is 0.213. The standard InChI is InChI=1S/C14H24N2O3S/c1-14(2)7-4-9-16(10-8-14)20(17,18)13-6-5-12(19-13)11-15-3/h5-6,15H,4,7-11H2,1-3H3. The molecule has 1 fully saturated rings. The number of sulfonamides is 1. The normalized spacial score (nSPS) is 20.8. The average Bonchev–Trinajstić information content (AvgIpc) is 2.75. The summed E-state index contributed by atoms with van der Waals surface area (Å²) in [7, 11) is -1.69. The molecule has 0 atom stereocenters. The summed E-state index contributed by atoms with van der Waals surface area (Å²) in [4.78, 5) is 0. The largest absolute Gasteiger partial charge is 0.447 e. The average molecular weight is 300 g/mol. The van der Waals surface area contributed by atoms with Gasteiger partial charge in [-0.2, -0.15) is 4.31 Å². The van der Waals surface area contributed by atoms with Crippen LogP contribution in [0.5, 0.6) is 0 Å². The SMILES string of the molecule is CNCc1ccc(S(=O)(=O)N2CCCC(C)(C)CC2)o1. The predicted molar refractivity (Wildman–Crippen MR) is 77.9 cm³/mol. The van der Waals surface area contributed by atoms with Gasteiger partial charge in [-0.1, -0.05) is 13.8 Å². The number of furan rings is 1. The Bertz CT molecular complexity index is 549. The quantitative estimate of drug-likeness (QED) is 0.926. The van der Waals surface area contributed by atoms with Gasteiger partial charge in [-0.25, -0.2) is 8.42 Å². The van der Waals surface area contributed by atoms with Crippen LogP contribution in [0.15, 0.2) is 21.6 Å². The van der Waals surface area contributed by atoms with Crippen LogP contribution in [0.25, 0.3) is 0 Å². The van der Waals surface area contributed by atoms with Gasteiger partial charge in [0.05, 0.1) is 6.54 Å². The van der Waals surface area contributed by atoms with E-state index < -0.39 is 10.0 Å². The van der Waals surface area contributed by atoms with Crippen molar-refractivity contribution in [1.29, 1.82) is 0 Å². The minimum Gasteiger partial charge on any atom is -0.447 e. The molecule has 1 aliphatic rings. The van der Waals surface area contributed by atoms with Crippen molar-refractivity contribution in [2.24, 2.45) is 5.41 Å². The lowest BCUT2D eigenvalue weighted by Crippen LogP contribution is -2.32. The second-order valence-electron chi connectivity index (χ2n) is 6.17. The van der Waals surface area contributed by atoms with E-state index >= 15 is 0 Å². The molecule has 1 aromatic rings. The van der Waals surface area contributed by atoms with Crippen molar-refractivity contribution in [2.45, 2.75) is 44.7 Å². The lowest BCUT2D eigenvalue weighted by molar-refractivity contribution is 0.312. The Morgan fingerprint density at radius 2 is 2.05 bits per heavy atom. The molecule has 0 aromatic carbocycles. The molecule has 0 aliphatic carbocycles. The van der Waals surface area contributed by atoms with Gasteiger partial charge in [0, 0.05) is 13.1 Å². The highest BCUT2D eigenvalue weighted by Gasteiger charge is 2.32. The van der Waals surface area contributed by atoms with E-state index in [1.54, 1.807) is 23.5 Å². The van der Waals surface area contributed by atoms with Crippen LogP contribution in [0.3, 0.4) is 0 Å². The third-order valence-electron chi connectivity index (χ3n) is 3.88. The molecule has 114 valence electrons. The van der Waals surface area contributed by atoms with Gasteiger partial charge in [-0.05, 0) is 43.9 Å². The van der Waals surface area contributed by atoms with E-state index in [-0.39, 0.29) is 10.5 Å². The first kappa shape index (κ1) is 15.5. The van der Waals surface area contributed by atoms with Crippen LogP contribution in [0.1, 0.15) is 38.9 Å². The number of rotatable bonds is 4. The Hall–Kier alpha value is -0.850. The van der Waals surface area contributed by atoms with Gasteiger partial charge in [0.1, 0.15) is 5.76 Å². The molecule has 0 spiro atoms. The molecular formula is C14H24N2O3S. The van der Waals surface area contributed by atoms with Crippen molar-refractivity contribution >= 4 is 10.0 Å². The highest BCUT2D eigenvalue weighted by atomic mass is 32.2. The third-order valence-corrected chi connectivity index (χ3v) is 5.65. The van der Waals surface area contributed by atoms with Crippen LogP contribution < -0.4 is 5.32 Å². The highest BCUT2D eigenvalue weighted by molar-refractivity contribution is 7.89. The first-order valence-electron chi connectivity index (χ1n) is 7.09. The predicted octanol–water partition coefficient (Wildman–Crippen LogP) is 2.20. The zero-order valence-corrected chi connectivity index (χ0v) is 13.3. The summed E-state index contributed by atoms with van der Waals surface area (Å²) in [5.74, 6) is 0.640. The highest BCUT2D eigenvalue weighted by Crippen LogP contribution is 2.32. The smallest absolute Gasteiger partial charge is 0.276 e. The van der Waals surface area contributed by atoms with Crippen LogP contribution in [0.2, 0.25) is 0 Å². The van der Waals surface area contributed by atoms with Gasteiger partial charge >= 0.3 is 0 Å². The van der Waals surface area contributed by atoms with Crippen molar-refractivity contribution in [3.8, 4) is 0 Å². The molecule has 2 rings (SSSR count). The third kappa shape index (κ3) is 3.42. The molecule has 0 bridgehead atoms. The molecule has 1 aliphatic heterocycles. The molecule has 0 radical (unpaired) electrons. The van der Waals surface area contributed by atoms with Gasteiger partial charge in [-0.3, -0.25) is 0 Å². The van der Waals surface area contributed by atoms with Gasteiger partial charge in [0.15, 0.2) is 0 Å². The zero-order valence-electron chi connectivity index (χ0n) is 12.5. The van der Waals surface area contributed by atoms with E-state index in [9.17, 15) is 8.42 Å². The number of nitrogens with zero attached hydrogens (tertiary/aromatic N) is 1. The first-order valence-corrected chi connectivity index (χ1v) is 8.53. The van der Waals surface area contributed by atoms with Crippen LogP contribution >= 0.6 is 0 Å². The Morgan fingerprint density at radius 3 is 2.75 bits per heavy atom. The Balaban J connectivity index is 2.16. The van der Waals surface area contributed by atoms with Crippen molar-refractivity contribution in [3.05, 3.63) is 17.9 Å². The summed E-state index contributed by atoms with van der Waals surface area (Å²) in [6.07, 6.45) is 2.84. The van der Waals surface area contributed by atoms with E-state index in [0.717, 1.165) is 19.3 Å². The van der Waals surface area contributed by atoms with Crippen molar-refractivity contribution < 1.29 is 12.8 Å². The molecule has 0 amide bonds. The topological polar surface area (TPSA) is 62.6 Å². The van der Waals surface area contributed by atoms with Gasteiger partial charge in [0.25, 0.3) is 10.0 Å². The van der Waals surface area contributed by atoms with Crippen LogP contribution in [0, 0.1) is 5.41 Å². The van der Waals surface area contributed by atoms with Crippen molar-refractivity contribution in [3.63, 3.8) is 0 Å². The lowest BCUT2D eigenvalue weighted by Gasteiger charge is -2.22. The second-order valence-corrected chi connectivity index (χ2v) is 8.04. The van der Waals surface area contributed by atoms with E-state index in [2.05, 4.69) is 19.2 Å². The lowest BCUT2D eigenvalue weighted by atomic mass is 9.85. The van der Waals surface area contributed by atoms with E-state index in [1.807, 2.05) is 0 Å². The van der Waals surface area contributed by atoms with Crippen LogP contribution in [0.4, 0.5) is 0 Å². The number of nitrogens with one attached hydrogen (secondary N) is 1. The zero-order chi connectivity index (χ0) is 14.8. The van der Waals surface area contributed by atoms with E-state index in [0.29, 0.717) is 25.4 Å². The second kappa shape index (κ2) is 5.87. The summed E-state index contributed by atoms with van der Waals surface area (Å²) in [6, 6.07) is 3.27. The summed E-state index contributed by atoms with van der Waals surface area (Å²) < 4.78 is 32.2. The van der Waals surface area contributed by atoms with E-state index in [1.165, 1.54) is 0 Å². The minimum atomic E-state index is -3.49. The van der Waals surface area contributed by atoms with Crippen LogP contribution in [-0.2, 0) is 16.6 Å². The number of hydrogen-bond acceptors (Lipinski definition) is 4. The fraction of sp³-hybridized carbons (Fsp3) is 0.714. The van der Waals surface area contributed by atoms with Crippen molar-refractivity contribution in [2.75, 3.05) is 20.1 Å². The molecule has 1 saturated heterocycles. The Labute approximate surface area is 121 Å². The monoisotopic (exact) mass is 300 g/mol. The molecule has 6 heteroatoms. The molecule has 1 aromatic heterocycles. The fourth-order valence-corrected chi connectivity index (χ4v) is 3.94. The number of hydrogen-bond donors (Lipinski definition) is 1. The van der Waals surface area contributed by atoms with Crippen LogP contribution in [-0.4, -0.2) is 32.9 Å². The molecule has 0 saturated carbocycles. The Morgan fingerprint density at radius 1 is 1.30 bits per heavy atom. The van der Waals surface area contributed by atoms with Gasteiger partial charge in [0.2, 0.25) is 5.09 Å². The molecular weight excluding hydrogens is 276 g/mol. The maximum absolute atomic E-state index is 12.6. The molecule has 20 heavy (non-hydrogen) atoms. The van der Waals surface area contributed by atoms with Crippen molar-refractivity contribution in [1.82, 2.24) is 9.62 Å². The first-order chi connectivity index (χ1) is 9.35. The summed E-state index contributed by atoms with van der Waals surface area (Å²) in [6.45, 7) is 6.07. The maximum atomic E-state index is 12.6. The molecule has 1 N–H and O–H groups in total. The fourth-order valence-electron chi connectivity index (χ4n) is 2.53. The van der Waals surface area contributed by atoms with E-state index in [4.69, 9.17) is 4.42 Å². The van der Waals surface area contributed by atoms with Gasteiger partial charge < -0.3 is 9.73 Å². The molecule has 5 nitrogen and oxygen atoms in total. The maximum Gasteiger partial charge on any atom is 0.276 e. The summed E-state index contributed by atoms with van der Waals surface area (Å²) in [5, 5.41) is 3.00. The summed E-state index contributed by atoms with van der Waals surface area (Å²) >= 11 is 0. The molecule has 0 unspecified atom stereocenters. The van der Waals surface area contributed by atoms with Gasteiger partial charge in [-0.15, -0.1) is 0 Å². The molecule has 2 heterocycles. The minimum absolute atomic E-state index is 0.0578. The Kier molecular flexibility index (Phi) is 4.56.